The number of hydrogen-bond acceptors (Lipinski definition) is 4. The number of ketones is 1. The van der Waals surface area contributed by atoms with Gasteiger partial charge in [-0.25, -0.2) is 4.98 Å². The second-order valence-corrected chi connectivity index (χ2v) is 4.64. The van der Waals surface area contributed by atoms with Crippen molar-refractivity contribution in [1.82, 2.24) is 14.5 Å². The lowest BCUT2D eigenvalue weighted by Crippen LogP contribution is -2.33. The molecule has 5 heteroatoms. The molecule has 1 aliphatic rings. The molecule has 0 aliphatic carbocycles. The summed E-state index contributed by atoms with van der Waals surface area (Å²) in [5, 5.41) is 0. The summed E-state index contributed by atoms with van der Waals surface area (Å²) < 4.78 is 2.17. The lowest BCUT2D eigenvalue weighted by molar-refractivity contribution is 0.0983. The van der Waals surface area contributed by atoms with E-state index in [1.807, 2.05) is 31.5 Å². The number of rotatable bonds is 3. The van der Waals surface area contributed by atoms with Crippen LogP contribution in [-0.2, 0) is 13.1 Å². The summed E-state index contributed by atoms with van der Waals surface area (Å²) in [5.74, 6) is 1.15. The highest BCUT2D eigenvalue weighted by molar-refractivity contribution is 5.94. The number of carbonyl (C=O) groups excluding carboxylic acids is 1. The normalized spacial score (nSPS) is 14.3. The van der Waals surface area contributed by atoms with E-state index in [0.29, 0.717) is 12.1 Å². The van der Waals surface area contributed by atoms with Gasteiger partial charge < -0.3 is 9.47 Å². The van der Waals surface area contributed by atoms with Crippen LogP contribution in [0.1, 0.15) is 29.7 Å². The minimum Gasteiger partial charge on any atom is -0.361 e. The molecule has 3 rings (SSSR count). The van der Waals surface area contributed by atoms with Crippen molar-refractivity contribution < 1.29 is 4.79 Å². The van der Waals surface area contributed by atoms with E-state index in [0.717, 1.165) is 31.1 Å². The first-order valence-corrected chi connectivity index (χ1v) is 6.52. The molecule has 98 valence electrons. The number of imidazole rings is 1. The Labute approximate surface area is 111 Å². The van der Waals surface area contributed by atoms with E-state index in [9.17, 15) is 4.79 Å². The summed E-state index contributed by atoms with van der Waals surface area (Å²) in [6.07, 6.45) is 6.11. The molecule has 2 aromatic heterocycles. The quantitative estimate of drug-likeness (QED) is 0.787. The van der Waals surface area contributed by atoms with Gasteiger partial charge >= 0.3 is 0 Å². The molecule has 0 unspecified atom stereocenters. The Morgan fingerprint density at radius 3 is 2.95 bits per heavy atom. The number of anilines is 1. The Morgan fingerprint density at radius 1 is 1.32 bits per heavy atom. The topological polar surface area (TPSA) is 51.0 Å². The van der Waals surface area contributed by atoms with Gasteiger partial charge in [0.2, 0.25) is 0 Å². The van der Waals surface area contributed by atoms with Crippen molar-refractivity contribution in [2.75, 3.05) is 11.4 Å². The first kappa shape index (κ1) is 11.9. The number of Topliss-reactive ketones (excluding diaryl/α,β-unsaturated/α-hetero) is 1. The van der Waals surface area contributed by atoms with Gasteiger partial charge in [-0.2, -0.15) is 0 Å². The molecule has 0 bridgehead atoms. The smallest absolute Gasteiger partial charge is 0.180 e. The highest BCUT2D eigenvalue weighted by atomic mass is 16.1. The number of hydrogen-bond donors (Lipinski definition) is 0. The van der Waals surface area contributed by atoms with E-state index in [1.165, 1.54) is 0 Å². The first-order valence-electron chi connectivity index (χ1n) is 6.52. The lowest BCUT2D eigenvalue weighted by atomic mass is 10.2. The Bertz CT molecular complexity index is 588. The molecule has 0 spiro atoms. The third-order valence-electron chi connectivity index (χ3n) is 3.46. The van der Waals surface area contributed by atoms with Crippen LogP contribution in [0.25, 0.3) is 0 Å². The van der Waals surface area contributed by atoms with Gasteiger partial charge in [0, 0.05) is 31.9 Å². The minimum absolute atomic E-state index is 0.0840. The van der Waals surface area contributed by atoms with Gasteiger partial charge in [0.25, 0.3) is 0 Å². The van der Waals surface area contributed by atoms with Crippen molar-refractivity contribution in [3.63, 3.8) is 0 Å². The van der Waals surface area contributed by atoms with E-state index >= 15 is 0 Å². The maximum absolute atomic E-state index is 11.5. The van der Waals surface area contributed by atoms with E-state index in [2.05, 4.69) is 19.4 Å². The number of aromatic nitrogens is 3. The zero-order chi connectivity index (χ0) is 13.2. The summed E-state index contributed by atoms with van der Waals surface area (Å²) in [7, 11) is 0. The maximum atomic E-state index is 11.5. The Balaban J connectivity index is 1.79. The van der Waals surface area contributed by atoms with Crippen molar-refractivity contribution in [3.8, 4) is 0 Å². The number of pyridine rings is 1. The summed E-state index contributed by atoms with van der Waals surface area (Å²) >= 11 is 0. The highest BCUT2D eigenvalue weighted by Crippen LogP contribution is 2.19. The van der Waals surface area contributed by atoms with Gasteiger partial charge in [0.05, 0.1) is 18.4 Å². The van der Waals surface area contributed by atoms with E-state index in [4.69, 9.17) is 0 Å². The molecule has 19 heavy (non-hydrogen) atoms. The zero-order valence-electron chi connectivity index (χ0n) is 10.9. The third-order valence-corrected chi connectivity index (χ3v) is 3.46. The molecule has 0 N–H and O–H groups in total. The van der Waals surface area contributed by atoms with Crippen LogP contribution in [0.5, 0.6) is 0 Å². The molecule has 0 saturated carbocycles. The van der Waals surface area contributed by atoms with Gasteiger partial charge in [0.1, 0.15) is 11.5 Å². The fraction of sp³-hybridized carbons (Fsp3) is 0.357. The molecule has 0 fully saturated rings. The molecular formula is C14H16N4O. The molecular weight excluding hydrogens is 240 g/mol. The summed E-state index contributed by atoms with van der Waals surface area (Å²) in [5.41, 5.74) is 1.59. The molecule has 3 heterocycles. The average molecular weight is 256 g/mol. The zero-order valence-corrected chi connectivity index (χ0v) is 10.9. The van der Waals surface area contributed by atoms with E-state index < -0.39 is 0 Å². The van der Waals surface area contributed by atoms with Crippen LogP contribution in [0.3, 0.4) is 0 Å². The molecule has 0 aromatic carbocycles. The number of carbonyl (C=O) groups is 1. The van der Waals surface area contributed by atoms with Gasteiger partial charge in [-0.15, -0.1) is 0 Å². The van der Waals surface area contributed by atoms with Crippen LogP contribution < -0.4 is 4.90 Å². The monoisotopic (exact) mass is 256 g/mol. The van der Waals surface area contributed by atoms with Crippen molar-refractivity contribution >= 4 is 11.5 Å². The minimum atomic E-state index is 0.0840. The van der Waals surface area contributed by atoms with Crippen molar-refractivity contribution in [1.29, 1.82) is 0 Å². The molecule has 5 nitrogen and oxygen atoms in total. The summed E-state index contributed by atoms with van der Waals surface area (Å²) in [4.78, 5) is 22.4. The largest absolute Gasteiger partial charge is 0.361 e. The van der Waals surface area contributed by atoms with E-state index in [-0.39, 0.29) is 5.78 Å². The third kappa shape index (κ3) is 2.23. The van der Waals surface area contributed by atoms with Crippen LogP contribution in [0.15, 0.2) is 30.7 Å². The number of fused-ring (bicyclic) bond motifs is 1. The second kappa shape index (κ2) is 4.84. The Hall–Kier alpha value is -2.17. The predicted octanol–water partition coefficient (Wildman–Crippen LogP) is 1.89. The fourth-order valence-corrected chi connectivity index (χ4v) is 2.31. The molecule has 0 saturated heterocycles. The highest BCUT2D eigenvalue weighted by Gasteiger charge is 2.17. The average Bonchev–Trinajstić information content (AvgIpc) is 2.94. The lowest BCUT2D eigenvalue weighted by Gasteiger charge is -2.29. The molecule has 2 aromatic rings. The summed E-state index contributed by atoms with van der Waals surface area (Å²) in [6, 6.07) is 3.77. The van der Waals surface area contributed by atoms with Gasteiger partial charge in [-0.05, 0) is 12.1 Å². The van der Waals surface area contributed by atoms with Crippen LogP contribution in [-0.4, -0.2) is 26.9 Å². The molecule has 0 amide bonds. The SMILES string of the molecule is CCC(=O)c1ccc(N2CCn3ccnc3C2)cn1. The maximum Gasteiger partial charge on any atom is 0.180 e. The van der Waals surface area contributed by atoms with Gasteiger partial charge in [-0.1, -0.05) is 6.92 Å². The standard InChI is InChI=1S/C14H16N4O/c1-2-13(19)12-4-3-11(9-16-12)18-8-7-17-6-5-15-14(17)10-18/h3-6,9H,2,7-8,10H2,1H3. The van der Waals surface area contributed by atoms with Crippen LogP contribution >= 0.6 is 0 Å². The molecule has 0 atom stereocenters. The van der Waals surface area contributed by atoms with Crippen LogP contribution in [0, 0.1) is 0 Å². The Kier molecular flexibility index (Phi) is 3.03. The fourth-order valence-electron chi connectivity index (χ4n) is 2.31. The molecule has 1 aliphatic heterocycles. The Morgan fingerprint density at radius 2 is 2.21 bits per heavy atom. The van der Waals surface area contributed by atoms with Crippen molar-refractivity contribution in [2.24, 2.45) is 0 Å². The van der Waals surface area contributed by atoms with Gasteiger partial charge in [0.15, 0.2) is 5.78 Å². The van der Waals surface area contributed by atoms with E-state index in [1.54, 1.807) is 6.20 Å². The van der Waals surface area contributed by atoms with Crippen LogP contribution in [0.2, 0.25) is 0 Å². The van der Waals surface area contributed by atoms with Crippen molar-refractivity contribution in [3.05, 3.63) is 42.2 Å². The summed E-state index contributed by atoms with van der Waals surface area (Å²) in [6.45, 7) is 4.51. The van der Waals surface area contributed by atoms with Crippen LogP contribution in [0.4, 0.5) is 5.69 Å². The van der Waals surface area contributed by atoms with Crippen molar-refractivity contribution in [2.45, 2.75) is 26.4 Å². The predicted molar refractivity (Wildman–Crippen MR) is 72.1 cm³/mol. The molecule has 0 radical (unpaired) electrons. The van der Waals surface area contributed by atoms with Gasteiger partial charge in [-0.3, -0.25) is 9.78 Å². The first-order chi connectivity index (χ1) is 9.28. The second-order valence-electron chi connectivity index (χ2n) is 4.64. The number of nitrogens with zero attached hydrogens (tertiary/aromatic N) is 4.